The standard InChI is InChI=1S/C18H18ClFN2O/c19-14-5-3-13(4-6-14)11-18(23)21-16-12-15(20)7-8-17(16)22-9-1-2-10-22/h3-8,12H,1-2,9-11H2,(H,21,23). The van der Waals surface area contributed by atoms with Gasteiger partial charge in [-0.3, -0.25) is 4.79 Å². The maximum Gasteiger partial charge on any atom is 0.228 e. The minimum absolute atomic E-state index is 0.168. The predicted molar refractivity (Wildman–Crippen MR) is 91.6 cm³/mol. The van der Waals surface area contributed by atoms with Gasteiger partial charge in [0, 0.05) is 18.1 Å². The average Bonchev–Trinajstić information content (AvgIpc) is 3.04. The molecule has 0 atom stereocenters. The highest BCUT2D eigenvalue weighted by Gasteiger charge is 2.17. The van der Waals surface area contributed by atoms with Gasteiger partial charge in [0.2, 0.25) is 5.91 Å². The first-order valence-electron chi connectivity index (χ1n) is 7.70. The zero-order valence-corrected chi connectivity index (χ0v) is 13.4. The van der Waals surface area contributed by atoms with Crippen LogP contribution in [0, 0.1) is 5.82 Å². The van der Waals surface area contributed by atoms with E-state index >= 15 is 0 Å². The van der Waals surface area contributed by atoms with E-state index in [-0.39, 0.29) is 18.1 Å². The third kappa shape index (κ3) is 4.02. The van der Waals surface area contributed by atoms with Gasteiger partial charge < -0.3 is 10.2 Å². The monoisotopic (exact) mass is 332 g/mol. The average molecular weight is 333 g/mol. The van der Waals surface area contributed by atoms with Gasteiger partial charge in [-0.25, -0.2) is 4.39 Å². The number of carbonyl (C=O) groups is 1. The predicted octanol–water partition coefficient (Wildman–Crippen LogP) is 4.26. The first-order chi connectivity index (χ1) is 11.1. The lowest BCUT2D eigenvalue weighted by Gasteiger charge is -2.21. The van der Waals surface area contributed by atoms with Gasteiger partial charge in [-0.15, -0.1) is 0 Å². The third-order valence-corrected chi connectivity index (χ3v) is 4.21. The number of nitrogens with one attached hydrogen (secondary N) is 1. The fraction of sp³-hybridized carbons (Fsp3) is 0.278. The molecule has 2 aromatic rings. The summed E-state index contributed by atoms with van der Waals surface area (Å²) in [5.74, 6) is -0.520. The number of benzene rings is 2. The normalized spacial score (nSPS) is 14.1. The zero-order chi connectivity index (χ0) is 16.2. The van der Waals surface area contributed by atoms with Gasteiger partial charge in [0.15, 0.2) is 0 Å². The summed E-state index contributed by atoms with van der Waals surface area (Å²) in [5.41, 5.74) is 2.28. The van der Waals surface area contributed by atoms with E-state index < -0.39 is 0 Å². The highest BCUT2D eigenvalue weighted by Crippen LogP contribution is 2.29. The van der Waals surface area contributed by atoms with Gasteiger partial charge in [0.25, 0.3) is 0 Å². The number of halogens is 2. The van der Waals surface area contributed by atoms with E-state index in [0.717, 1.165) is 37.2 Å². The number of anilines is 2. The van der Waals surface area contributed by atoms with Crippen LogP contribution in [0.15, 0.2) is 42.5 Å². The quantitative estimate of drug-likeness (QED) is 0.907. The molecule has 0 radical (unpaired) electrons. The third-order valence-electron chi connectivity index (χ3n) is 3.96. The maximum absolute atomic E-state index is 13.6. The molecule has 2 aromatic carbocycles. The number of hydrogen-bond acceptors (Lipinski definition) is 2. The highest BCUT2D eigenvalue weighted by molar-refractivity contribution is 6.30. The van der Waals surface area contributed by atoms with E-state index in [4.69, 9.17) is 11.6 Å². The lowest BCUT2D eigenvalue weighted by Crippen LogP contribution is -2.22. The minimum atomic E-state index is -0.352. The molecule has 0 aliphatic carbocycles. The summed E-state index contributed by atoms with van der Waals surface area (Å²) in [7, 11) is 0. The highest BCUT2D eigenvalue weighted by atomic mass is 35.5. The summed E-state index contributed by atoms with van der Waals surface area (Å²) in [6.07, 6.45) is 2.47. The summed E-state index contributed by atoms with van der Waals surface area (Å²) in [5, 5.41) is 3.47. The lowest BCUT2D eigenvalue weighted by atomic mass is 10.1. The molecule has 1 amide bonds. The van der Waals surface area contributed by atoms with Gasteiger partial charge in [-0.05, 0) is 48.7 Å². The van der Waals surface area contributed by atoms with Crippen LogP contribution in [-0.4, -0.2) is 19.0 Å². The van der Waals surface area contributed by atoms with E-state index in [1.54, 1.807) is 18.2 Å². The van der Waals surface area contributed by atoms with Crippen molar-refractivity contribution in [2.75, 3.05) is 23.3 Å². The van der Waals surface area contributed by atoms with Crippen molar-refractivity contribution in [3.05, 3.63) is 58.9 Å². The van der Waals surface area contributed by atoms with Crippen molar-refractivity contribution in [1.82, 2.24) is 0 Å². The Morgan fingerprint density at radius 2 is 1.83 bits per heavy atom. The molecule has 0 aromatic heterocycles. The Balaban J connectivity index is 1.74. The Bertz CT molecular complexity index is 697. The molecule has 1 aliphatic heterocycles. The molecule has 0 spiro atoms. The molecular formula is C18H18ClFN2O. The van der Waals surface area contributed by atoms with Crippen LogP contribution < -0.4 is 10.2 Å². The van der Waals surface area contributed by atoms with Gasteiger partial charge in [0.05, 0.1) is 17.8 Å². The second kappa shape index (κ2) is 7.01. The van der Waals surface area contributed by atoms with Crippen LogP contribution in [0.25, 0.3) is 0 Å². The molecule has 3 rings (SSSR count). The van der Waals surface area contributed by atoms with E-state index in [0.29, 0.717) is 10.7 Å². The van der Waals surface area contributed by atoms with E-state index in [2.05, 4.69) is 10.2 Å². The Kier molecular flexibility index (Phi) is 4.82. The Morgan fingerprint density at radius 1 is 1.13 bits per heavy atom. The zero-order valence-electron chi connectivity index (χ0n) is 12.7. The molecule has 0 bridgehead atoms. The summed E-state index contributed by atoms with van der Waals surface area (Å²) in [4.78, 5) is 14.4. The number of carbonyl (C=O) groups excluding carboxylic acids is 1. The fourth-order valence-corrected chi connectivity index (χ4v) is 2.95. The van der Waals surface area contributed by atoms with Crippen LogP contribution in [0.5, 0.6) is 0 Å². The minimum Gasteiger partial charge on any atom is -0.370 e. The molecule has 5 heteroatoms. The molecule has 23 heavy (non-hydrogen) atoms. The maximum atomic E-state index is 13.6. The summed E-state index contributed by atoms with van der Waals surface area (Å²) in [6, 6.07) is 11.7. The molecule has 1 fully saturated rings. The van der Waals surface area contributed by atoms with Crippen LogP contribution in [0.3, 0.4) is 0 Å². The first-order valence-corrected chi connectivity index (χ1v) is 8.08. The molecule has 0 unspecified atom stereocenters. The number of nitrogens with zero attached hydrogens (tertiary/aromatic N) is 1. The van der Waals surface area contributed by atoms with E-state index in [1.165, 1.54) is 12.1 Å². The number of hydrogen-bond donors (Lipinski definition) is 1. The number of rotatable bonds is 4. The Labute approximate surface area is 140 Å². The fourth-order valence-electron chi connectivity index (χ4n) is 2.82. The van der Waals surface area contributed by atoms with Crippen molar-refractivity contribution in [3.63, 3.8) is 0 Å². The summed E-state index contributed by atoms with van der Waals surface area (Å²) >= 11 is 5.84. The van der Waals surface area contributed by atoms with Crippen LogP contribution in [-0.2, 0) is 11.2 Å². The Morgan fingerprint density at radius 3 is 2.52 bits per heavy atom. The van der Waals surface area contributed by atoms with Crippen LogP contribution in [0.4, 0.5) is 15.8 Å². The molecule has 1 heterocycles. The first kappa shape index (κ1) is 15.8. The SMILES string of the molecule is O=C(Cc1ccc(Cl)cc1)Nc1cc(F)ccc1N1CCCC1. The second-order valence-corrected chi connectivity index (χ2v) is 6.14. The topological polar surface area (TPSA) is 32.3 Å². The summed E-state index contributed by atoms with van der Waals surface area (Å²) < 4.78 is 13.6. The van der Waals surface area contributed by atoms with Gasteiger partial charge in [-0.2, -0.15) is 0 Å². The van der Waals surface area contributed by atoms with Crippen LogP contribution >= 0.6 is 11.6 Å². The lowest BCUT2D eigenvalue weighted by molar-refractivity contribution is -0.115. The van der Waals surface area contributed by atoms with Gasteiger partial charge in [0.1, 0.15) is 5.82 Å². The molecular weight excluding hydrogens is 315 g/mol. The van der Waals surface area contributed by atoms with Crippen molar-refractivity contribution in [3.8, 4) is 0 Å². The van der Waals surface area contributed by atoms with E-state index in [1.807, 2.05) is 12.1 Å². The van der Waals surface area contributed by atoms with Crippen molar-refractivity contribution in [2.45, 2.75) is 19.3 Å². The van der Waals surface area contributed by atoms with Gasteiger partial charge in [-0.1, -0.05) is 23.7 Å². The smallest absolute Gasteiger partial charge is 0.228 e. The van der Waals surface area contributed by atoms with Crippen molar-refractivity contribution in [1.29, 1.82) is 0 Å². The molecule has 1 N–H and O–H groups in total. The van der Waals surface area contributed by atoms with Crippen molar-refractivity contribution < 1.29 is 9.18 Å². The second-order valence-electron chi connectivity index (χ2n) is 5.71. The number of amides is 1. The van der Waals surface area contributed by atoms with Crippen molar-refractivity contribution >= 4 is 28.9 Å². The molecule has 0 saturated carbocycles. The molecule has 1 aliphatic rings. The molecule has 3 nitrogen and oxygen atoms in total. The van der Waals surface area contributed by atoms with Crippen molar-refractivity contribution in [2.24, 2.45) is 0 Å². The van der Waals surface area contributed by atoms with Gasteiger partial charge >= 0.3 is 0 Å². The van der Waals surface area contributed by atoms with Crippen LogP contribution in [0.1, 0.15) is 18.4 Å². The summed E-state index contributed by atoms with van der Waals surface area (Å²) in [6.45, 7) is 1.87. The largest absolute Gasteiger partial charge is 0.370 e. The molecule has 120 valence electrons. The molecule has 1 saturated heterocycles. The van der Waals surface area contributed by atoms with Crippen LogP contribution in [0.2, 0.25) is 5.02 Å². The van der Waals surface area contributed by atoms with E-state index in [9.17, 15) is 9.18 Å². The Hall–Kier alpha value is -2.07.